The molecule has 0 fully saturated rings. The van der Waals surface area contributed by atoms with Crippen molar-refractivity contribution in [3.63, 3.8) is 0 Å². The van der Waals surface area contributed by atoms with Crippen LogP contribution >= 0.6 is 0 Å². The highest BCUT2D eigenvalue weighted by Gasteiger charge is 2.26. The lowest BCUT2D eigenvalue weighted by molar-refractivity contribution is -0.138. The molecule has 0 spiro atoms. The average Bonchev–Trinajstić information content (AvgIpc) is 3.59. The first kappa shape index (κ1) is 31.3. The zero-order chi connectivity index (χ0) is 31.6. The van der Waals surface area contributed by atoms with Crippen LogP contribution < -0.4 is 10.6 Å². The van der Waals surface area contributed by atoms with Gasteiger partial charge in [0, 0.05) is 64.6 Å². The Hall–Kier alpha value is -4.60. The Morgan fingerprint density at radius 1 is 0.674 bits per heavy atom. The first-order chi connectivity index (χ1) is 20.4. The van der Waals surface area contributed by atoms with Crippen molar-refractivity contribution in [3.05, 3.63) is 78.7 Å². The van der Waals surface area contributed by atoms with Gasteiger partial charge in [-0.05, 0) is 98.9 Å². The maximum Gasteiger partial charge on any atom is 0.303 e. The number of carbonyl (C=O) groups excluding carboxylic acids is 2. The van der Waals surface area contributed by atoms with E-state index < -0.39 is 11.9 Å². The van der Waals surface area contributed by atoms with Crippen LogP contribution in [0, 0.1) is 13.8 Å². The second kappa shape index (κ2) is 12.7. The van der Waals surface area contributed by atoms with Crippen LogP contribution in [0.15, 0.2) is 33.7 Å². The summed E-state index contributed by atoms with van der Waals surface area (Å²) in [4.78, 5) is 54.7. The summed E-state index contributed by atoms with van der Waals surface area (Å²) in [5.41, 5.74) is 11.5. The second-order valence-corrected chi connectivity index (χ2v) is 11.1. The van der Waals surface area contributed by atoms with Gasteiger partial charge >= 0.3 is 11.9 Å². The number of aromatic amines is 2. The van der Waals surface area contributed by atoms with Crippen LogP contribution in [-0.4, -0.2) is 43.9 Å². The van der Waals surface area contributed by atoms with Crippen LogP contribution in [0.1, 0.15) is 98.4 Å². The van der Waals surface area contributed by atoms with Crippen LogP contribution in [0.5, 0.6) is 0 Å². The molecule has 0 bridgehead atoms. The number of allylic oxidation sites excluding steroid dienone is 2. The van der Waals surface area contributed by atoms with E-state index in [9.17, 15) is 29.4 Å². The molecule has 10 nitrogen and oxygen atoms in total. The third-order valence-electron chi connectivity index (χ3n) is 8.56. The highest BCUT2D eigenvalue weighted by atomic mass is 16.5. The number of carboxylic acids is 2. The molecule has 43 heavy (non-hydrogen) atoms. The summed E-state index contributed by atoms with van der Waals surface area (Å²) < 4.78 is 0. The van der Waals surface area contributed by atoms with Gasteiger partial charge in [0.2, 0.25) is 0 Å². The molecule has 2 aromatic rings. The molecule has 0 aromatic carbocycles. The fraction of sp³-hybridized carbons (Fsp3) is 0.394. The number of carboxylic acid groups (broad SMARTS) is 2. The molecule has 10 heteroatoms. The van der Waals surface area contributed by atoms with E-state index >= 15 is 0 Å². The Morgan fingerprint density at radius 3 is 1.37 bits per heavy atom. The summed E-state index contributed by atoms with van der Waals surface area (Å²) in [7, 11) is 0. The van der Waals surface area contributed by atoms with Gasteiger partial charge in [0.15, 0.2) is 0 Å². The van der Waals surface area contributed by atoms with Crippen LogP contribution in [0.4, 0.5) is 0 Å². The van der Waals surface area contributed by atoms with Gasteiger partial charge in [-0.3, -0.25) is 19.2 Å². The first-order valence-corrected chi connectivity index (χ1v) is 14.7. The fourth-order valence-corrected chi connectivity index (χ4v) is 6.06. The van der Waals surface area contributed by atoms with E-state index in [1.165, 1.54) is 0 Å². The average molecular weight is 591 g/mol. The Labute approximate surface area is 251 Å². The van der Waals surface area contributed by atoms with E-state index in [1.54, 1.807) is 13.8 Å². The number of nitrogens with one attached hydrogen (secondary N) is 4. The SMILES string of the molecule is CCC1=C(C)C(=O)N/C1=C\c1[nH]c(Cc2[nH]c(/C=C3\NC(=O)C(C)=C3CC)c(C)c2CC[13C](=O)O)c(CC[13C](=O)O)c1C. The number of aliphatic carboxylic acids is 2. The summed E-state index contributed by atoms with van der Waals surface area (Å²) in [5, 5.41) is 24.8. The van der Waals surface area contributed by atoms with Crippen molar-refractivity contribution in [3.8, 4) is 0 Å². The van der Waals surface area contributed by atoms with E-state index in [1.807, 2.05) is 39.8 Å². The van der Waals surface area contributed by atoms with Gasteiger partial charge in [0.25, 0.3) is 11.8 Å². The van der Waals surface area contributed by atoms with E-state index in [0.717, 1.165) is 67.6 Å². The summed E-state index contributed by atoms with van der Waals surface area (Å²) in [5.74, 6) is -2.05. The zero-order valence-corrected chi connectivity index (χ0v) is 25.6. The molecule has 228 valence electrons. The number of carbonyl (C=O) groups is 4. The quantitative estimate of drug-likeness (QED) is 0.191. The topological polar surface area (TPSA) is 164 Å². The number of rotatable bonds is 12. The molecule has 4 rings (SSSR count). The number of aromatic nitrogens is 2. The summed E-state index contributed by atoms with van der Waals surface area (Å²) in [6.45, 7) is 11.5. The largest absolute Gasteiger partial charge is 0.481 e. The standard InChI is InChI=1S/C33H40N4O6/c1-7-20-18(5)32(42)36-26(20)13-24-16(3)22(9-11-30(38)39)28(34-24)15-29-23(10-12-31(40)41)17(4)25(35-29)14-27-21(8-2)19(6)33(43)37-27/h13-14,34-35H,7-12,15H2,1-6H3,(H,36,42)(H,37,43)(H,38,39)(H,40,41)/b26-13-,27-14-/i30+1,31+1. The Morgan fingerprint density at radius 2 is 1.05 bits per heavy atom. The molecule has 2 aromatic heterocycles. The van der Waals surface area contributed by atoms with Gasteiger partial charge in [-0.1, -0.05) is 13.8 Å². The van der Waals surface area contributed by atoms with Gasteiger partial charge in [-0.2, -0.15) is 0 Å². The normalized spacial score (nSPS) is 17.1. The number of amides is 2. The maximum atomic E-state index is 12.3. The fourth-order valence-electron chi connectivity index (χ4n) is 6.06. The van der Waals surface area contributed by atoms with Gasteiger partial charge in [-0.25, -0.2) is 0 Å². The molecule has 0 unspecified atom stereocenters. The highest BCUT2D eigenvalue weighted by Crippen LogP contribution is 2.32. The minimum atomic E-state index is -0.901. The summed E-state index contributed by atoms with van der Waals surface area (Å²) in [6.07, 6.45) is 6.12. The monoisotopic (exact) mass is 590 g/mol. The molecule has 2 aliphatic heterocycles. The van der Waals surface area contributed by atoms with E-state index in [0.29, 0.717) is 43.3 Å². The third-order valence-corrected chi connectivity index (χ3v) is 8.56. The van der Waals surface area contributed by atoms with Crippen molar-refractivity contribution in [2.75, 3.05) is 0 Å². The van der Waals surface area contributed by atoms with Crippen LogP contribution in [0.2, 0.25) is 0 Å². The zero-order valence-electron chi connectivity index (χ0n) is 25.6. The second-order valence-electron chi connectivity index (χ2n) is 11.1. The number of hydrogen-bond donors (Lipinski definition) is 6. The van der Waals surface area contributed by atoms with Gasteiger partial charge in [0.1, 0.15) is 0 Å². The van der Waals surface area contributed by atoms with Crippen molar-refractivity contribution in [2.24, 2.45) is 0 Å². The van der Waals surface area contributed by atoms with Gasteiger partial charge in [-0.15, -0.1) is 0 Å². The van der Waals surface area contributed by atoms with Crippen molar-refractivity contribution in [1.29, 1.82) is 0 Å². The van der Waals surface area contributed by atoms with E-state index in [2.05, 4.69) is 20.6 Å². The molecule has 2 aliphatic rings. The van der Waals surface area contributed by atoms with Crippen molar-refractivity contribution < 1.29 is 29.4 Å². The van der Waals surface area contributed by atoms with Crippen LogP contribution in [0.3, 0.4) is 0 Å². The number of H-pyrrole nitrogens is 2. The molecule has 0 saturated heterocycles. The van der Waals surface area contributed by atoms with Gasteiger partial charge < -0.3 is 30.8 Å². The molecule has 0 aliphatic carbocycles. The van der Waals surface area contributed by atoms with Gasteiger partial charge in [0.05, 0.1) is 0 Å². The molecule has 0 saturated carbocycles. The summed E-state index contributed by atoms with van der Waals surface area (Å²) >= 11 is 0. The van der Waals surface area contributed by atoms with E-state index in [-0.39, 0.29) is 24.7 Å². The predicted octanol–water partition coefficient (Wildman–Crippen LogP) is 4.98. The third kappa shape index (κ3) is 6.43. The van der Waals surface area contributed by atoms with Crippen LogP contribution in [0.25, 0.3) is 12.2 Å². The first-order valence-electron chi connectivity index (χ1n) is 14.7. The lowest BCUT2D eigenvalue weighted by Crippen LogP contribution is -2.15. The van der Waals surface area contributed by atoms with Crippen molar-refractivity contribution >= 4 is 35.9 Å². The summed E-state index contributed by atoms with van der Waals surface area (Å²) in [6, 6.07) is 0. The minimum absolute atomic E-state index is 0.0458. The lowest BCUT2D eigenvalue weighted by Gasteiger charge is -2.07. The Balaban J connectivity index is 1.80. The van der Waals surface area contributed by atoms with Crippen molar-refractivity contribution in [1.82, 2.24) is 20.6 Å². The lowest BCUT2D eigenvalue weighted by atomic mass is 9.99. The Bertz CT molecular complexity index is 1520. The van der Waals surface area contributed by atoms with Crippen molar-refractivity contribution in [2.45, 2.75) is 86.5 Å². The minimum Gasteiger partial charge on any atom is -0.481 e. The van der Waals surface area contributed by atoms with E-state index in [4.69, 9.17) is 0 Å². The molecule has 4 heterocycles. The molecule has 0 atom stereocenters. The molecule has 6 N–H and O–H groups in total. The Kier molecular flexibility index (Phi) is 9.27. The molecule has 0 radical (unpaired) electrons. The maximum absolute atomic E-state index is 12.3. The smallest absolute Gasteiger partial charge is 0.303 e. The van der Waals surface area contributed by atoms with Crippen LogP contribution in [-0.2, 0) is 38.4 Å². The highest BCUT2D eigenvalue weighted by molar-refractivity contribution is 6.01. The molecule has 2 amide bonds. The molecular weight excluding hydrogens is 550 g/mol. The number of hydrogen-bond acceptors (Lipinski definition) is 4. The predicted molar refractivity (Wildman–Crippen MR) is 164 cm³/mol. The molecular formula is C33H40N4O6.